The van der Waals surface area contributed by atoms with Gasteiger partial charge in [0, 0.05) is 37.4 Å². The van der Waals surface area contributed by atoms with Gasteiger partial charge in [-0.05, 0) is 37.7 Å². The Hall–Kier alpha value is -1.59. The van der Waals surface area contributed by atoms with Gasteiger partial charge < -0.3 is 15.1 Å². The Bertz CT molecular complexity index is 518. The van der Waals surface area contributed by atoms with Gasteiger partial charge >= 0.3 is 0 Å². The van der Waals surface area contributed by atoms with Gasteiger partial charge in [-0.2, -0.15) is 0 Å². The van der Waals surface area contributed by atoms with E-state index in [1.54, 1.807) is 41.1 Å². The van der Waals surface area contributed by atoms with Crippen LogP contribution in [0.5, 0.6) is 0 Å². The van der Waals surface area contributed by atoms with E-state index in [1.165, 1.54) is 0 Å². The molecule has 2 rings (SSSR count). The Morgan fingerprint density at radius 1 is 1.43 bits per heavy atom. The number of benzene rings is 1. The van der Waals surface area contributed by atoms with E-state index in [2.05, 4.69) is 5.32 Å². The smallest absolute Gasteiger partial charge is 0.239 e. The van der Waals surface area contributed by atoms with Gasteiger partial charge in [-0.15, -0.1) is 0 Å². The van der Waals surface area contributed by atoms with Crippen LogP contribution in [-0.4, -0.2) is 50.4 Å². The van der Waals surface area contributed by atoms with Crippen molar-refractivity contribution in [3.8, 4) is 0 Å². The molecular weight excluding hydrogens is 290 g/mol. The summed E-state index contributed by atoms with van der Waals surface area (Å²) in [6.07, 6.45) is 0.560. The number of carbonyl (C=O) groups is 2. The standard InChI is InChI=1S/C15H20ClN3O2/c1-17-8-10-18(2)14(20)13-7-9-19(15(13)21)12-5-3-11(16)4-6-12/h3-6,13,17H,7-10H2,1-2H3. The molecule has 0 saturated carbocycles. The number of anilines is 1. The van der Waals surface area contributed by atoms with Gasteiger partial charge in [0.1, 0.15) is 5.92 Å². The average Bonchev–Trinajstić information content (AvgIpc) is 2.86. The van der Waals surface area contributed by atoms with Crippen molar-refractivity contribution >= 4 is 29.1 Å². The third kappa shape index (κ3) is 3.54. The second-order valence-corrected chi connectivity index (χ2v) is 5.61. The molecule has 1 atom stereocenters. The maximum absolute atomic E-state index is 12.4. The van der Waals surface area contributed by atoms with Gasteiger partial charge in [0.15, 0.2) is 0 Å². The second kappa shape index (κ2) is 6.91. The minimum Gasteiger partial charge on any atom is -0.344 e. The summed E-state index contributed by atoms with van der Waals surface area (Å²) in [5.41, 5.74) is 0.789. The fourth-order valence-corrected chi connectivity index (χ4v) is 2.57. The Kier molecular flexibility index (Phi) is 5.20. The number of likely N-dealkylation sites (N-methyl/N-ethyl adjacent to an activating group) is 2. The molecule has 1 heterocycles. The Labute approximate surface area is 129 Å². The van der Waals surface area contributed by atoms with Gasteiger partial charge in [0.2, 0.25) is 11.8 Å². The second-order valence-electron chi connectivity index (χ2n) is 5.17. The molecular formula is C15H20ClN3O2. The summed E-state index contributed by atoms with van der Waals surface area (Å²) in [5.74, 6) is -0.798. The lowest BCUT2D eigenvalue weighted by Gasteiger charge is -2.21. The van der Waals surface area contributed by atoms with Crippen LogP contribution in [0.1, 0.15) is 6.42 Å². The van der Waals surface area contributed by atoms with Gasteiger partial charge in [0.05, 0.1) is 0 Å². The molecule has 1 saturated heterocycles. The molecule has 1 aromatic carbocycles. The SMILES string of the molecule is CNCCN(C)C(=O)C1CCN(c2ccc(Cl)cc2)C1=O. The van der Waals surface area contributed by atoms with Crippen LogP contribution in [0.4, 0.5) is 5.69 Å². The number of hydrogen-bond donors (Lipinski definition) is 1. The van der Waals surface area contributed by atoms with Gasteiger partial charge in [-0.25, -0.2) is 0 Å². The van der Waals surface area contributed by atoms with Crippen LogP contribution in [0, 0.1) is 5.92 Å². The van der Waals surface area contributed by atoms with E-state index >= 15 is 0 Å². The molecule has 1 aromatic rings. The fraction of sp³-hybridized carbons (Fsp3) is 0.467. The maximum atomic E-state index is 12.4. The summed E-state index contributed by atoms with van der Waals surface area (Å²) < 4.78 is 0. The number of nitrogens with one attached hydrogen (secondary N) is 1. The van der Waals surface area contributed by atoms with Crippen molar-refractivity contribution in [3.05, 3.63) is 29.3 Å². The highest BCUT2D eigenvalue weighted by Gasteiger charge is 2.38. The van der Waals surface area contributed by atoms with Crippen LogP contribution in [0.25, 0.3) is 0 Å². The summed E-state index contributed by atoms with van der Waals surface area (Å²) in [6.45, 7) is 1.88. The van der Waals surface area contributed by atoms with Crippen molar-refractivity contribution in [1.29, 1.82) is 0 Å². The van der Waals surface area contributed by atoms with Gasteiger partial charge in [0.25, 0.3) is 0 Å². The van der Waals surface area contributed by atoms with Crippen molar-refractivity contribution in [2.45, 2.75) is 6.42 Å². The van der Waals surface area contributed by atoms with Crippen LogP contribution in [0.3, 0.4) is 0 Å². The van der Waals surface area contributed by atoms with E-state index in [1.807, 2.05) is 7.05 Å². The lowest BCUT2D eigenvalue weighted by molar-refractivity contribution is -0.138. The van der Waals surface area contributed by atoms with Crippen LogP contribution in [-0.2, 0) is 9.59 Å². The zero-order chi connectivity index (χ0) is 15.4. The summed E-state index contributed by atoms with van der Waals surface area (Å²) in [4.78, 5) is 28.0. The van der Waals surface area contributed by atoms with Crippen molar-refractivity contribution in [1.82, 2.24) is 10.2 Å². The Morgan fingerprint density at radius 2 is 2.10 bits per heavy atom. The van der Waals surface area contributed by atoms with Crippen LogP contribution in [0.15, 0.2) is 24.3 Å². The fourth-order valence-electron chi connectivity index (χ4n) is 2.44. The first kappa shape index (κ1) is 15.8. The van der Waals surface area contributed by atoms with E-state index in [4.69, 9.17) is 11.6 Å². The molecule has 114 valence electrons. The molecule has 1 N–H and O–H groups in total. The van der Waals surface area contributed by atoms with Crippen LogP contribution < -0.4 is 10.2 Å². The van der Waals surface area contributed by atoms with Gasteiger partial charge in [-0.1, -0.05) is 11.6 Å². The van der Waals surface area contributed by atoms with E-state index in [-0.39, 0.29) is 11.8 Å². The molecule has 1 fully saturated rings. The number of amides is 2. The molecule has 1 aliphatic rings. The minimum atomic E-state index is -0.567. The van der Waals surface area contributed by atoms with E-state index in [9.17, 15) is 9.59 Å². The highest BCUT2D eigenvalue weighted by molar-refractivity contribution is 6.30. The zero-order valence-electron chi connectivity index (χ0n) is 12.3. The minimum absolute atomic E-state index is 0.105. The van der Waals surface area contributed by atoms with Crippen molar-refractivity contribution in [2.24, 2.45) is 5.92 Å². The Morgan fingerprint density at radius 3 is 2.71 bits per heavy atom. The summed E-state index contributed by atoms with van der Waals surface area (Å²) >= 11 is 5.85. The quantitative estimate of drug-likeness (QED) is 0.836. The number of rotatable bonds is 5. The number of nitrogens with zero attached hydrogens (tertiary/aromatic N) is 2. The molecule has 21 heavy (non-hydrogen) atoms. The molecule has 2 amide bonds. The van der Waals surface area contributed by atoms with Crippen molar-refractivity contribution in [3.63, 3.8) is 0 Å². The average molecular weight is 310 g/mol. The molecule has 5 nitrogen and oxygen atoms in total. The Balaban J connectivity index is 2.04. The molecule has 0 bridgehead atoms. The van der Waals surface area contributed by atoms with Crippen LogP contribution in [0.2, 0.25) is 5.02 Å². The first-order valence-corrected chi connectivity index (χ1v) is 7.39. The summed E-state index contributed by atoms with van der Waals surface area (Å²) in [5, 5.41) is 3.62. The topological polar surface area (TPSA) is 52.7 Å². The predicted molar refractivity (Wildman–Crippen MR) is 83.5 cm³/mol. The van der Waals surface area contributed by atoms with Gasteiger partial charge in [-0.3, -0.25) is 9.59 Å². The lowest BCUT2D eigenvalue weighted by atomic mass is 10.1. The molecule has 0 radical (unpaired) electrons. The summed E-state index contributed by atoms with van der Waals surface area (Å²) in [6, 6.07) is 7.10. The molecule has 1 aliphatic heterocycles. The molecule has 0 spiro atoms. The molecule has 6 heteroatoms. The lowest BCUT2D eigenvalue weighted by Crippen LogP contribution is -2.40. The van der Waals surface area contributed by atoms with Crippen molar-refractivity contribution < 1.29 is 9.59 Å². The third-order valence-corrected chi connectivity index (χ3v) is 3.97. The molecule has 1 unspecified atom stereocenters. The summed E-state index contributed by atoms with van der Waals surface area (Å²) in [7, 11) is 3.57. The monoisotopic (exact) mass is 309 g/mol. The van der Waals surface area contributed by atoms with E-state index in [0.717, 1.165) is 5.69 Å². The highest BCUT2D eigenvalue weighted by Crippen LogP contribution is 2.27. The normalized spacial score (nSPS) is 18.1. The van der Waals surface area contributed by atoms with E-state index < -0.39 is 5.92 Å². The highest BCUT2D eigenvalue weighted by atomic mass is 35.5. The maximum Gasteiger partial charge on any atom is 0.239 e. The number of carbonyl (C=O) groups excluding carboxylic acids is 2. The third-order valence-electron chi connectivity index (χ3n) is 3.72. The predicted octanol–water partition coefficient (Wildman–Crippen LogP) is 1.37. The molecule has 0 aliphatic carbocycles. The first-order valence-electron chi connectivity index (χ1n) is 7.01. The van der Waals surface area contributed by atoms with E-state index in [0.29, 0.717) is 31.1 Å². The first-order chi connectivity index (χ1) is 10.0. The largest absolute Gasteiger partial charge is 0.344 e. The van der Waals surface area contributed by atoms with Crippen molar-refractivity contribution in [2.75, 3.05) is 38.6 Å². The zero-order valence-corrected chi connectivity index (χ0v) is 13.1. The van der Waals surface area contributed by atoms with Crippen LogP contribution >= 0.6 is 11.6 Å². The number of halogens is 1. The number of hydrogen-bond acceptors (Lipinski definition) is 3. The molecule has 0 aromatic heterocycles.